The second-order valence-electron chi connectivity index (χ2n) is 0.619. The number of nitrogens with zero attached hydrogens (tertiary/aromatic N) is 3. The Morgan fingerprint density at radius 1 is 1.17 bits per heavy atom. The Kier molecular flexibility index (Phi) is 3.41. The van der Waals surface area contributed by atoms with Crippen LogP contribution < -0.4 is 34.8 Å². The number of aromatic nitrogens is 3. The van der Waals surface area contributed by atoms with Gasteiger partial charge in [0.2, 0.25) is 0 Å². The van der Waals surface area contributed by atoms with E-state index < -0.39 is 0 Å². The average Bonchev–Trinajstić information content (AvgIpc) is 1.76. The third-order valence-corrected chi connectivity index (χ3v) is 0.303. The van der Waals surface area contributed by atoms with Crippen LogP contribution in [0.3, 0.4) is 0 Å². The van der Waals surface area contributed by atoms with Crippen LogP contribution in [0.15, 0.2) is 12.4 Å². The molecule has 0 aliphatic heterocycles. The molecule has 1 aromatic rings. The Hall–Kier alpha value is 0.140. The van der Waals surface area contributed by atoms with Crippen LogP contribution in [0, 0.1) is 0 Å². The Labute approximate surface area is 57.4 Å². The van der Waals surface area contributed by atoms with E-state index in [4.69, 9.17) is 0 Å². The third kappa shape index (κ3) is 1.55. The molecule has 4 heteroatoms. The summed E-state index contributed by atoms with van der Waals surface area (Å²) in [6.07, 6.45) is 3.06. The SMILES string of the molecule is [Na+].c1cn[n-]n1. The fraction of sp³-hybridized carbons (Fsp3) is 0. The van der Waals surface area contributed by atoms with E-state index in [1.807, 2.05) is 0 Å². The maximum absolute atomic E-state index is 3.36. The molecule has 0 saturated carbocycles. The van der Waals surface area contributed by atoms with Gasteiger partial charge in [0.1, 0.15) is 0 Å². The molecule has 0 saturated heterocycles. The van der Waals surface area contributed by atoms with Crippen molar-refractivity contribution in [1.82, 2.24) is 15.4 Å². The van der Waals surface area contributed by atoms with Crippen molar-refractivity contribution < 1.29 is 29.6 Å². The molecule has 0 amide bonds. The minimum Gasteiger partial charge on any atom is -0.493 e. The molecule has 0 aliphatic rings. The molecule has 0 bridgehead atoms. The Morgan fingerprint density at radius 3 is 1.83 bits per heavy atom. The molecule has 0 N–H and O–H groups in total. The molecule has 0 aromatic carbocycles. The van der Waals surface area contributed by atoms with Gasteiger partial charge in [-0.25, -0.2) is 0 Å². The molecular formula is C2H2N3Na. The van der Waals surface area contributed by atoms with Gasteiger partial charge in [0.25, 0.3) is 0 Å². The molecule has 3 nitrogen and oxygen atoms in total. The maximum atomic E-state index is 3.36. The minimum atomic E-state index is 0. The first kappa shape index (κ1) is 6.14. The molecule has 0 spiro atoms. The summed E-state index contributed by atoms with van der Waals surface area (Å²) in [6, 6.07) is 0. The van der Waals surface area contributed by atoms with Crippen molar-refractivity contribution in [2.45, 2.75) is 0 Å². The Morgan fingerprint density at radius 2 is 1.67 bits per heavy atom. The van der Waals surface area contributed by atoms with E-state index in [0.717, 1.165) is 0 Å². The fourth-order valence-electron chi connectivity index (χ4n) is 0.149. The summed E-state index contributed by atoms with van der Waals surface area (Å²) in [7, 11) is 0. The summed E-state index contributed by atoms with van der Waals surface area (Å²) in [4.78, 5) is 0. The van der Waals surface area contributed by atoms with Gasteiger partial charge in [-0.05, 0) is 0 Å². The quantitative estimate of drug-likeness (QED) is 0.310. The molecule has 1 aromatic heterocycles. The van der Waals surface area contributed by atoms with Gasteiger partial charge in [-0.1, -0.05) is 0 Å². The van der Waals surface area contributed by atoms with Gasteiger partial charge in [0.05, 0.1) is 0 Å². The van der Waals surface area contributed by atoms with Gasteiger partial charge in [0.15, 0.2) is 0 Å². The predicted molar refractivity (Wildman–Crippen MR) is 15.4 cm³/mol. The second kappa shape index (κ2) is 3.33. The van der Waals surface area contributed by atoms with E-state index in [0.29, 0.717) is 0 Å². The van der Waals surface area contributed by atoms with E-state index in [9.17, 15) is 0 Å². The van der Waals surface area contributed by atoms with Crippen LogP contribution in [0.5, 0.6) is 0 Å². The molecule has 6 heavy (non-hydrogen) atoms. The van der Waals surface area contributed by atoms with Gasteiger partial charge in [-0.3, -0.25) is 0 Å². The number of hydrogen-bond acceptors (Lipinski definition) is 2. The molecule has 0 atom stereocenters. The minimum absolute atomic E-state index is 0. The summed E-state index contributed by atoms with van der Waals surface area (Å²) in [5.41, 5.74) is 0. The van der Waals surface area contributed by atoms with Crippen LogP contribution in [-0.2, 0) is 0 Å². The first-order valence-electron chi connectivity index (χ1n) is 1.25. The van der Waals surface area contributed by atoms with Crippen molar-refractivity contribution in [3.05, 3.63) is 12.4 Å². The largest absolute Gasteiger partial charge is 1.00 e. The van der Waals surface area contributed by atoms with E-state index in [1.165, 1.54) is 12.4 Å². The molecule has 1 rings (SSSR count). The van der Waals surface area contributed by atoms with Gasteiger partial charge < -0.3 is 15.4 Å². The van der Waals surface area contributed by atoms with E-state index in [-0.39, 0.29) is 29.6 Å². The van der Waals surface area contributed by atoms with Crippen LogP contribution >= 0.6 is 0 Å². The van der Waals surface area contributed by atoms with Crippen molar-refractivity contribution >= 4 is 0 Å². The predicted octanol–water partition coefficient (Wildman–Crippen LogP) is -3.56. The average molecular weight is 91.0 g/mol. The summed E-state index contributed by atoms with van der Waals surface area (Å²) in [6.45, 7) is 0. The zero-order valence-electron chi connectivity index (χ0n) is 3.50. The molecule has 0 aliphatic carbocycles. The summed E-state index contributed by atoms with van der Waals surface area (Å²) in [5, 5.41) is 9.94. The molecule has 0 fully saturated rings. The van der Waals surface area contributed by atoms with Gasteiger partial charge >= 0.3 is 29.6 Å². The Balaban J connectivity index is 0.000000250. The number of rotatable bonds is 0. The summed E-state index contributed by atoms with van der Waals surface area (Å²) >= 11 is 0. The van der Waals surface area contributed by atoms with Crippen LogP contribution in [-0.4, -0.2) is 10.2 Å². The van der Waals surface area contributed by atoms with Crippen LogP contribution in [0.25, 0.3) is 0 Å². The maximum Gasteiger partial charge on any atom is 1.00 e. The fourth-order valence-corrected chi connectivity index (χ4v) is 0.149. The van der Waals surface area contributed by atoms with Gasteiger partial charge in [-0.15, -0.1) is 0 Å². The topological polar surface area (TPSA) is 39.9 Å². The van der Waals surface area contributed by atoms with Crippen molar-refractivity contribution in [3.8, 4) is 0 Å². The Bertz CT molecular complexity index is 65.3. The van der Waals surface area contributed by atoms with Crippen LogP contribution in [0.2, 0.25) is 0 Å². The summed E-state index contributed by atoms with van der Waals surface area (Å²) < 4.78 is 0. The van der Waals surface area contributed by atoms with Crippen molar-refractivity contribution in [1.29, 1.82) is 0 Å². The molecule has 26 valence electrons. The zero-order chi connectivity index (χ0) is 3.54. The molecule has 0 radical (unpaired) electrons. The van der Waals surface area contributed by atoms with Crippen molar-refractivity contribution in [2.75, 3.05) is 0 Å². The third-order valence-electron chi connectivity index (χ3n) is 0.303. The van der Waals surface area contributed by atoms with Crippen molar-refractivity contribution in [2.24, 2.45) is 0 Å². The van der Waals surface area contributed by atoms with Gasteiger partial charge in [0, 0.05) is 12.4 Å². The monoisotopic (exact) mass is 91.0 g/mol. The standard InChI is InChI=1S/C2H2N3.Na/c1-2-4-5-3-1;/h1-2H;/q-1;+1. The van der Waals surface area contributed by atoms with E-state index in [2.05, 4.69) is 15.4 Å². The normalized spacial score (nSPS) is 6.67. The molecule has 1 heterocycles. The molecular weight excluding hydrogens is 89.0 g/mol. The van der Waals surface area contributed by atoms with Crippen molar-refractivity contribution in [3.63, 3.8) is 0 Å². The van der Waals surface area contributed by atoms with Gasteiger partial charge in [-0.2, -0.15) is 0 Å². The molecule has 0 unspecified atom stereocenters. The first-order chi connectivity index (χ1) is 2.50. The smallest absolute Gasteiger partial charge is 0.493 e. The van der Waals surface area contributed by atoms with E-state index >= 15 is 0 Å². The number of hydrogen-bond donors (Lipinski definition) is 0. The zero-order valence-corrected chi connectivity index (χ0v) is 5.50. The second-order valence-corrected chi connectivity index (χ2v) is 0.619. The van der Waals surface area contributed by atoms with Crippen LogP contribution in [0.1, 0.15) is 0 Å². The van der Waals surface area contributed by atoms with E-state index in [1.54, 1.807) is 0 Å². The first-order valence-corrected chi connectivity index (χ1v) is 1.25. The van der Waals surface area contributed by atoms with Crippen LogP contribution in [0.4, 0.5) is 0 Å². The summed E-state index contributed by atoms with van der Waals surface area (Å²) in [5.74, 6) is 0.